The second kappa shape index (κ2) is 9.45. The molecule has 0 aliphatic carbocycles. The van der Waals surface area contributed by atoms with Crippen LogP contribution in [-0.2, 0) is 13.5 Å². The average molecular weight is 513 g/mol. The molecule has 37 heavy (non-hydrogen) atoms. The minimum atomic E-state index is -1.53. The molecule has 2 aromatic heterocycles. The van der Waals surface area contributed by atoms with Crippen LogP contribution in [0.1, 0.15) is 54.6 Å². The minimum Gasteiger partial charge on any atom is -0.324 e. The molecular formula is C26H24F4N6O. The fourth-order valence-electron chi connectivity index (χ4n) is 5.09. The van der Waals surface area contributed by atoms with Gasteiger partial charge in [-0.1, -0.05) is 19.9 Å². The fourth-order valence-corrected chi connectivity index (χ4v) is 5.09. The summed E-state index contributed by atoms with van der Waals surface area (Å²) in [5.74, 6) is -4.96. The molecule has 5 rings (SSSR count). The Balaban J connectivity index is 1.54. The average Bonchev–Trinajstić information content (AvgIpc) is 3.50. The SMILES string of the molecule is CC[C@H]1Cc2c(nn(C)c2-c2cc(F)c(F)c(F)c2)[C@@H](CC)N1C(=O)c1ncn(-c2cccc(F)c2)n1. The first-order chi connectivity index (χ1) is 17.7. The second-order valence-electron chi connectivity index (χ2n) is 8.99. The molecule has 192 valence electrons. The highest BCUT2D eigenvalue weighted by Gasteiger charge is 2.41. The van der Waals surface area contributed by atoms with Crippen molar-refractivity contribution in [3.63, 3.8) is 0 Å². The van der Waals surface area contributed by atoms with Crippen molar-refractivity contribution in [2.45, 2.75) is 45.2 Å². The third-order valence-corrected chi connectivity index (χ3v) is 6.77. The van der Waals surface area contributed by atoms with Gasteiger partial charge in [0.15, 0.2) is 17.5 Å². The Hall–Kier alpha value is -4.02. The van der Waals surface area contributed by atoms with Crippen LogP contribution in [0, 0.1) is 23.3 Å². The number of rotatable bonds is 5. The Kier molecular flexibility index (Phi) is 6.30. The van der Waals surface area contributed by atoms with Crippen molar-refractivity contribution >= 4 is 5.91 Å². The van der Waals surface area contributed by atoms with Crippen molar-refractivity contribution in [2.24, 2.45) is 7.05 Å². The molecule has 3 heterocycles. The van der Waals surface area contributed by atoms with Gasteiger partial charge in [-0.2, -0.15) is 5.10 Å². The normalized spacial score (nSPS) is 17.2. The monoisotopic (exact) mass is 512 g/mol. The third kappa shape index (κ3) is 4.17. The summed E-state index contributed by atoms with van der Waals surface area (Å²) in [6.07, 6.45) is 2.84. The topological polar surface area (TPSA) is 68.8 Å². The summed E-state index contributed by atoms with van der Waals surface area (Å²) in [6.45, 7) is 3.85. The predicted molar refractivity (Wildman–Crippen MR) is 127 cm³/mol. The van der Waals surface area contributed by atoms with E-state index in [4.69, 9.17) is 0 Å². The molecule has 2 aromatic carbocycles. The van der Waals surface area contributed by atoms with Gasteiger partial charge in [-0.05, 0) is 49.6 Å². The molecule has 1 aliphatic rings. The van der Waals surface area contributed by atoms with Crippen LogP contribution in [0.4, 0.5) is 17.6 Å². The lowest BCUT2D eigenvalue weighted by atomic mass is 9.87. The van der Waals surface area contributed by atoms with E-state index in [1.807, 2.05) is 13.8 Å². The molecule has 0 bridgehead atoms. The predicted octanol–water partition coefficient (Wildman–Crippen LogP) is 5.15. The van der Waals surface area contributed by atoms with Crippen LogP contribution in [0.2, 0.25) is 0 Å². The summed E-state index contributed by atoms with van der Waals surface area (Å²) in [7, 11) is 1.65. The Morgan fingerprint density at radius 1 is 1.03 bits per heavy atom. The Morgan fingerprint density at radius 2 is 1.76 bits per heavy atom. The zero-order chi connectivity index (χ0) is 26.4. The van der Waals surface area contributed by atoms with Crippen molar-refractivity contribution in [1.29, 1.82) is 0 Å². The summed E-state index contributed by atoms with van der Waals surface area (Å²) in [5.41, 5.74) is 2.44. The number of hydrogen-bond donors (Lipinski definition) is 0. The van der Waals surface area contributed by atoms with Gasteiger partial charge in [0.1, 0.15) is 12.1 Å². The highest BCUT2D eigenvalue weighted by atomic mass is 19.2. The molecule has 2 atom stereocenters. The summed E-state index contributed by atoms with van der Waals surface area (Å²) >= 11 is 0. The zero-order valence-electron chi connectivity index (χ0n) is 20.4. The van der Waals surface area contributed by atoms with Crippen molar-refractivity contribution in [3.8, 4) is 16.9 Å². The van der Waals surface area contributed by atoms with Gasteiger partial charge in [0.05, 0.1) is 23.1 Å². The van der Waals surface area contributed by atoms with Crippen LogP contribution in [0.25, 0.3) is 16.9 Å². The largest absolute Gasteiger partial charge is 0.324 e. The molecule has 7 nitrogen and oxygen atoms in total. The number of benzene rings is 2. The van der Waals surface area contributed by atoms with Gasteiger partial charge in [0.25, 0.3) is 5.91 Å². The molecule has 4 aromatic rings. The van der Waals surface area contributed by atoms with Crippen LogP contribution < -0.4 is 0 Å². The van der Waals surface area contributed by atoms with Gasteiger partial charge in [-0.3, -0.25) is 9.48 Å². The maximum Gasteiger partial charge on any atom is 0.294 e. The molecule has 0 N–H and O–H groups in total. The first kappa shape index (κ1) is 24.7. The van der Waals surface area contributed by atoms with Crippen molar-refractivity contribution in [3.05, 3.63) is 83.1 Å². The highest BCUT2D eigenvalue weighted by Crippen LogP contribution is 2.41. The number of amides is 1. The lowest BCUT2D eigenvalue weighted by Gasteiger charge is -2.40. The number of fused-ring (bicyclic) bond motifs is 1. The summed E-state index contributed by atoms with van der Waals surface area (Å²) in [6, 6.07) is 6.98. The van der Waals surface area contributed by atoms with Crippen LogP contribution >= 0.6 is 0 Å². The molecule has 1 aliphatic heterocycles. The molecule has 0 radical (unpaired) electrons. The number of halogens is 4. The second-order valence-corrected chi connectivity index (χ2v) is 8.99. The maximum atomic E-state index is 14.0. The third-order valence-electron chi connectivity index (χ3n) is 6.77. The van der Waals surface area contributed by atoms with E-state index in [-0.39, 0.29) is 17.4 Å². The van der Waals surface area contributed by atoms with E-state index >= 15 is 0 Å². The standard InChI is InChI=1S/C26H24F4N6O/c1-4-16-12-18-23(32-34(3)24(18)14-9-19(28)22(30)20(29)10-14)21(5-2)36(16)26(37)25-31-13-35(33-25)17-8-6-7-15(27)11-17/h6-11,13,16,21H,4-5,12H2,1-3H3/t16-,21+/m0/s1. The molecular weight excluding hydrogens is 488 g/mol. The molecule has 0 spiro atoms. The lowest BCUT2D eigenvalue weighted by molar-refractivity contribution is 0.0500. The van der Waals surface area contributed by atoms with Crippen molar-refractivity contribution in [2.75, 3.05) is 0 Å². The number of aromatic nitrogens is 5. The molecule has 0 unspecified atom stereocenters. The quantitative estimate of drug-likeness (QED) is 0.274. The van der Waals surface area contributed by atoms with E-state index in [2.05, 4.69) is 15.2 Å². The molecule has 0 saturated heterocycles. The smallest absolute Gasteiger partial charge is 0.294 e. The van der Waals surface area contributed by atoms with Crippen molar-refractivity contribution < 1.29 is 22.4 Å². The molecule has 0 saturated carbocycles. The summed E-state index contributed by atoms with van der Waals surface area (Å²) < 4.78 is 58.2. The van der Waals surface area contributed by atoms with Gasteiger partial charge < -0.3 is 4.90 Å². The Labute approximate surface area is 210 Å². The molecule has 11 heteroatoms. The van der Waals surface area contributed by atoms with E-state index in [1.165, 1.54) is 33.9 Å². The number of nitrogens with zero attached hydrogens (tertiary/aromatic N) is 6. The Bertz CT molecular complexity index is 1470. The number of aryl methyl sites for hydroxylation is 1. The highest BCUT2D eigenvalue weighted by molar-refractivity contribution is 5.91. The van der Waals surface area contributed by atoms with E-state index < -0.39 is 35.2 Å². The minimum absolute atomic E-state index is 0.0385. The lowest BCUT2D eigenvalue weighted by Crippen LogP contribution is -2.47. The van der Waals surface area contributed by atoms with Gasteiger partial charge in [-0.25, -0.2) is 27.2 Å². The van der Waals surface area contributed by atoms with Gasteiger partial charge in [0.2, 0.25) is 5.82 Å². The first-order valence-corrected chi connectivity index (χ1v) is 11.9. The first-order valence-electron chi connectivity index (χ1n) is 11.9. The summed E-state index contributed by atoms with van der Waals surface area (Å²) in [4.78, 5) is 19.6. The number of carbonyl (C=O) groups is 1. The van der Waals surface area contributed by atoms with Gasteiger partial charge in [0, 0.05) is 24.2 Å². The van der Waals surface area contributed by atoms with Crippen molar-refractivity contribution in [1.82, 2.24) is 29.4 Å². The summed E-state index contributed by atoms with van der Waals surface area (Å²) in [5, 5.41) is 8.91. The molecule has 1 amide bonds. The van der Waals surface area contributed by atoms with E-state index in [0.717, 1.165) is 17.7 Å². The van der Waals surface area contributed by atoms with Gasteiger partial charge >= 0.3 is 0 Å². The van der Waals surface area contributed by atoms with Crippen LogP contribution in [0.15, 0.2) is 42.7 Å². The number of hydrogen-bond acceptors (Lipinski definition) is 4. The van der Waals surface area contributed by atoms with Gasteiger partial charge in [-0.15, -0.1) is 5.10 Å². The van der Waals surface area contributed by atoms with Crippen LogP contribution in [0.5, 0.6) is 0 Å². The van der Waals surface area contributed by atoms with E-state index in [9.17, 15) is 22.4 Å². The number of carbonyl (C=O) groups excluding carboxylic acids is 1. The maximum absolute atomic E-state index is 14.0. The van der Waals surface area contributed by atoms with E-state index in [0.29, 0.717) is 36.3 Å². The Morgan fingerprint density at radius 3 is 2.41 bits per heavy atom. The fraction of sp³-hybridized carbons (Fsp3) is 0.308. The zero-order valence-corrected chi connectivity index (χ0v) is 20.4. The van der Waals surface area contributed by atoms with Crippen LogP contribution in [-0.4, -0.2) is 41.4 Å². The van der Waals surface area contributed by atoms with E-state index in [1.54, 1.807) is 18.0 Å². The van der Waals surface area contributed by atoms with Crippen LogP contribution in [0.3, 0.4) is 0 Å². The molecule has 0 fully saturated rings.